The van der Waals surface area contributed by atoms with Crippen molar-refractivity contribution in [2.24, 2.45) is 0 Å². The van der Waals surface area contributed by atoms with Crippen LogP contribution in [0, 0.1) is 0 Å². The largest absolute Gasteiger partial charge is 0.481 e. The second kappa shape index (κ2) is 8.10. The van der Waals surface area contributed by atoms with Gasteiger partial charge in [-0.25, -0.2) is 8.42 Å². The van der Waals surface area contributed by atoms with E-state index in [4.69, 9.17) is 16.3 Å². The van der Waals surface area contributed by atoms with Gasteiger partial charge in [0.2, 0.25) is 0 Å². The van der Waals surface area contributed by atoms with E-state index in [1.54, 1.807) is 67.4 Å². The molecule has 2 unspecified atom stereocenters. The fourth-order valence-corrected chi connectivity index (χ4v) is 3.22. The molecule has 1 amide bonds. The zero-order valence-corrected chi connectivity index (χ0v) is 16.7. The molecule has 0 aliphatic heterocycles. The maximum absolute atomic E-state index is 12.6. The summed E-state index contributed by atoms with van der Waals surface area (Å²) >= 11 is 5.84. The minimum absolute atomic E-state index is 0.181. The smallest absolute Gasteiger partial charge is 0.263 e. The van der Waals surface area contributed by atoms with E-state index in [9.17, 15) is 13.2 Å². The normalized spacial score (nSPS) is 13.7. The summed E-state index contributed by atoms with van der Waals surface area (Å²) in [5.41, 5.74) is 0.840. The number of likely N-dealkylation sites (N-methyl/N-ethyl adjacent to an activating group) is 1. The predicted octanol–water partition coefficient (Wildman–Crippen LogP) is 3.73. The predicted molar refractivity (Wildman–Crippen MR) is 102 cm³/mol. The molecule has 26 heavy (non-hydrogen) atoms. The maximum Gasteiger partial charge on any atom is 0.263 e. The molecule has 5 nitrogen and oxygen atoms in total. The summed E-state index contributed by atoms with van der Waals surface area (Å²) in [5.74, 6) is 0.383. The molecule has 2 rings (SSSR count). The third-order valence-electron chi connectivity index (χ3n) is 4.19. The van der Waals surface area contributed by atoms with Crippen molar-refractivity contribution in [2.75, 3.05) is 13.3 Å². The first kappa shape index (κ1) is 20.3. The van der Waals surface area contributed by atoms with Crippen LogP contribution in [0.5, 0.6) is 5.75 Å². The Hall–Kier alpha value is -2.05. The van der Waals surface area contributed by atoms with Crippen molar-refractivity contribution < 1.29 is 17.9 Å². The molecule has 2 aromatic rings. The van der Waals surface area contributed by atoms with Gasteiger partial charge < -0.3 is 9.64 Å². The third kappa shape index (κ3) is 4.99. The van der Waals surface area contributed by atoms with E-state index in [0.29, 0.717) is 10.8 Å². The molecule has 0 fully saturated rings. The van der Waals surface area contributed by atoms with Crippen LogP contribution in [0.4, 0.5) is 0 Å². The van der Waals surface area contributed by atoms with Crippen LogP contribution >= 0.6 is 11.6 Å². The summed E-state index contributed by atoms with van der Waals surface area (Å²) < 4.78 is 28.8. The van der Waals surface area contributed by atoms with Gasteiger partial charge in [0, 0.05) is 18.3 Å². The van der Waals surface area contributed by atoms with Crippen LogP contribution in [0.3, 0.4) is 0 Å². The van der Waals surface area contributed by atoms with Crippen molar-refractivity contribution in [3.05, 3.63) is 59.1 Å². The van der Waals surface area contributed by atoms with Crippen molar-refractivity contribution in [3.63, 3.8) is 0 Å². The molecule has 2 atom stereocenters. The average Bonchev–Trinajstić information content (AvgIpc) is 2.61. The second-order valence-corrected chi connectivity index (χ2v) is 8.63. The molecule has 0 heterocycles. The number of sulfone groups is 1. The summed E-state index contributed by atoms with van der Waals surface area (Å²) in [6.45, 7) is 3.56. The first-order chi connectivity index (χ1) is 12.1. The number of amides is 1. The summed E-state index contributed by atoms with van der Waals surface area (Å²) in [4.78, 5) is 14.5. The molecule has 0 aliphatic carbocycles. The number of hydrogen-bond acceptors (Lipinski definition) is 4. The zero-order chi connectivity index (χ0) is 19.5. The van der Waals surface area contributed by atoms with E-state index in [0.717, 1.165) is 11.8 Å². The highest BCUT2D eigenvalue weighted by molar-refractivity contribution is 7.90. The topological polar surface area (TPSA) is 63.7 Å². The van der Waals surface area contributed by atoms with E-state index in [2.05, 4.69) is 0 Å². The number of carbonyl (C=O) groups excluding carboxylic acids is 1. The number of benzene rings is 2. The van der Waals surface area contributed by atoms with Crippen molar-refractivity contribution >= 4 is 27.3 Å². The highest BCUT2D eigenvalue weighted by Gasteiger charge is 2.24. The molecule has 0 saturated heterocycles. The minimum Gasteiger partial charge on any atom is -0.481 e. The molecule has 0 saturated carbocycles. The molecule has 0 aliphatic rings. The van der Waals surface area contributed by atoms with Gasteiger partial charge in [-0.05, 0) is 55.8 Å². The zero-order valence-electron chi connectivity index (χ0n) is 15.1. The van der Waals surface area contributed by atoms with Crippen molar-refractivity contribution in [2.45, 2.75) is 30.9 Å². The molecule has 0 aromatic heterocycles. The number of rotatable bonds is 6. The molecule has 7 heteroatoms. The van der Waals surface area contributed by atoms with E-state index in [1.165, 1.54) is 0 Å². The number of hydrogen-bond donors (Lipinski definition) is 0. The summed E-state index contributed by atoms with van der Waals surface area (Å²) in [6.07, 6.45) is 0.496. The first-order valence-electron chi connectivity index (χ1n) is 8.08. The Morgan fingerprint density at radius 3 is 2.08 bits per heavy atom. The van der Waals surface area contributed by atoms with E-state index < -0.39 is 15.9 Å². The molecule has 2 aromatic carbocycles. The summed E-state index contributed by atoms with van der Waals surface area (Å²) in [5, 5.41) is 0.597. The Labute approximate surface area is 159 Å². The van der Waals surface area contributed by atoms with Gasteiger partial charge >= 0.3 is 0 Å². The monoisotopic (exact) mass is 395 g/mol. The summed E-state index contributed by atoms with van der Waals surface area (Å²) in [6, 6.07) is 13.1. The maximum atomic E-state index is 12.6. The molecule has 0 bridgehead atoms. The lowest BCUT2D eigenvalue weighted by atomic mass is 10.1. The van der Waals surface area contributed by atoms with Gasteiger partial charge in [-0.15, -0.1) is 0 Å². The minimum atomic E-state index is -3.24. The first-order valence-corrected chi connectivity index (χ1v) is 10.4. The van der Waals surface area contributed by atoms with Gasteiger partial charge in [0.1, 0.15) is 5.75 Å². The van der Waals surface area contributed by atoms with Gasteiger partial charge in [-0.2, -0.15) is 0 Å². The molecule has 0 radical (unpaired) electrons. The molecular formula is C19H22ClNO4S. The van der Waals surface area contributed by atoms with Gasteiger partial charge in [0.05, 0.1) is 10.9 Å². The number of nitrogens with zero attached hydrogens (tertiary/aromatic N) is 1. The SMILES string of the molecule is CC(Oc1ccc(Cl)cc1)C(=O)N(C)C(C)c1ccc(S(C)(=O)=O)cc1. The van der Waals surface area contributed by atoms with Crippen molar-refractivity contribution in [1.29, 1.82) is 0 Å². The molecule has 140 valence electrons. The van der Waals surface area contributed by atoms with Crippen LogP contribution in [0.25, 0.3) is 0 Å². The number of halogens is 1. The molecule has 0 spiro atoms. The van der Waals surface area contributed by atoms with Crippen LogP contribution in [0.2, 0.25) is 5.02 Å². The lowest BCUT2D eigenvalue weighted by Gasteiger charge is -2.28. The van der Waals surface area contributed by atoms with Crippen molar-refractivity contribution in [3.8, 4) is 5.75 Å². The van der Waals surface area contributed by atoms with E-state index in [1.807, 2.05) is 6.92 Å². The number of ether oxygens (including phenoxy) is 1. The average molecular weight is 396 g/mol. The van der Waals surface area contributed by atoms with Crippen LogP contribution in [0.1, 0.15) is 25.5 Å². The van der Waals surface area contributed by atoms with Crippen LogP contribution < -0.4 is 4.74 Å². The Bertz CT molecular complexity index is 863. The molecule has 0 N–H and O–H groups in total. The number of carbonyl (C=O) groups is 1. The summed E-state index contributed by atoms with van der Waals surface area (Å²) in [7, 11) is -1.55. The van der Waals surface area contributed by atoms with Crippen LogP contribution in [-0.4, -0.2) is 38.6 Å². The fraction of sp³-hybridized carbons (Fsp3) is 0.316. The highest BCUT2D eigenvalue weighted by Crippen LogP contribution is 2.23. The van der Waals surface area contributed by atoms with Gasteiger partial charge in [-0.1, -0.05) is 23.7 Å². The Morgan fingerprint density at radius 2 is 1.58 bits per heavy atom. The Kier molecular flexibility index (Phi) is 6.31. The lowest BCUT2D eigenvalue weighted by molar-refractivity contribution is -0.138. The fourth-order valence-electron chi connectivity index (χ4n) is 2.46. The molecular weight excluding hydrogens is 374 g/mol. The Morgan fingerprint density at radius 1 is 1.04 bits per heavy atom. The standard InChI is InChI=1S/C19H22ClNO4S/c1-13(15-5-11-18(12-6-15)26(4,23)24)21(3)19(22)14(2)25-17-9-7-16(20)8-10-17/h5-14H,1-4H3. The van der Waals surface area contributed by atoms with Gasteiger partial charge in [-0.3, -0.25) is 4.79 Å². The highest BCUT2D eigenvalue weighted by atomic mass is 35.5. The second-order valence-electron chi connectivity index (χ2n) is 6.18. The van der Waals surface area contributed by atoms with E-state index in [-0.39, 0.29) is 16.8 Å². The van der Waals surface area contributed by atoms with Gasteiger partial charge in [0.15, 0.2) is 15.9 Å². The van der Waals surface area contributed by atoms with E-state index >= 15 is 0 Å². The Balaban J connectivity index is 2.07. The quantitative estimate of drug-likeness (QED) is 0.747. The van der Waals surface area contributed by atoms with Crippen LogP contribution in [-0.2, 0) is 14.6 Å². The van der Waals surface area contributed by atoms with Gasteiger partial charge in [0.25, 0.3) is 5.91 Å². The lowest BCUT2D eigenvalue weighted by Crippen LogP contribution is -2.39. The van der Waals surface area contributed by atoms with Crippen molar-refractivity contribution in [1.82, 2.24) is 4.90 Å². The van der Waals surface area contributed by atoms with Crippen LogP contribution in [0.15, 0.2) is 53.4 Å². The third-order valence-corrected chi connectivity index (χ3v) is 5.57.